The number of benzene rings is 2. The Kier molecular flexibility index (Phi) is 6.40. The fraction of sp³-hybridized carbons (Fsp3) is 0.217. The standard InChI is InChI=1S/C23H23FN2O4S/c1-15-4-10-20(11-5-15)31(29,30)22-16(2)12-17(3)26(23(22)28)14-21(27)25-13-18-6-8-19(24)9-7-18/h4-12H,13-14H2,1-3H3,(H,25,27). The maximum absolute atomic E-state index is 13.1. The number of sulfone groups is 1. The summed E-state index contributed by atoms with van der Waals surface area (Å²) in [6.07, 6.45) is 0. The van der Waals surface area contributed by atoms with E-state index in [4.69, 9.17) is 0 Å². The molecule has 31 heavy (non-hydrogen) atoms. The quantitative estimate of drug-likeness (QED) is 0.636. The van der Waals surface area contributed by atoms with Crippen molar-refractivity contribution in [2.75, 3.05) is 0 Å². The number of aromatic nitrogens is 1. The van der Waals surface area contributed by atoms with Crippen molar-refractivity contribution in [3.05, 3.63) is 93.2 Å². The molecule has 0 spiro atoms. The number of hydrogen-bond donors (Lipinski definition) is 1. The zero-order valence-corrected chi connectivity index (χ0v) is 18.3. The largest absolute Gasteiger partial charge is 0.350 e. The van der Waals surface area contributed by atoms with Gasteiger partial charge in [0.05, 0.1) is 4.90 Å². The van der Waals surface area contributed by atoms with Crippen molar-refractivity contribution in [2.24, 2.45) is 0 Å². The first kappa shape index (κ1) is 22.4. The van der Waals surface area contributed by atoms with Crippen LogP contribution in [-0.4, -0.2) is 18.9 Å². The van der Waals surface area contributed by atoms with Gasteiger partial charge in [-0.2, -0.15) is 0 Å². The van der Waals surface area contributed by atoms with Gasteiger partial charge in [-0.05, 0) is 62.2 Å². The molecule has 0 aliphatic heterocycles. The van der Waals surface area contributed by atoms with Gasteiger partial charge in [-0.25, -0.2) is 12.8 Å². The number of carbonyl (C=O) groups is 1. The van der Waals surface area contributed by atoms with Crippen molar-refractivity contribution in [2.45, 2.75) is 43.7 Å². The lowest BCUT2D eigenvalue weighted by Crippen LogP contribution is -2.35. The van der Waals surface area contributed by atoms with Gasteiger partial charge in [0, 0.05) is 12.2 Å². The molecular formula is C23H23FN2O4S. The van der Waals surface area contributed by atoms with Gasteiger partial charge >= 0.3 is 0 Å². The highest BCUT2D eigenvalue weighted by Gasteiger charge is 2.26. The molecule has 1 N–H and O–H groups in total. The molecule has 1 heterocycles. The summed E-state index contributed by atoms with van der Waals surface area (Å²) in [7, 11) is -4.05. The number of carbonyl (C=O) groups excluding carboxylic acids is 1. The average molecular weight is 443 g/mol. The van der Waals surface area contributed by atoms with E-state index in [-0.39, 0.29) is 28.7 Å². The number of aryl methyl sites for hydroxylation is 3. The van der Waals surface area contributed by atoms with E-state index < -0.39 is 21.3 Å². The van der Waals surface area contributed by atoms with Crippen LogP contribution in [0.4, 0.5) is 4.39 Å². The van der Waals surface area contributed by atoms with Crippen molar-refractivity contribution in [3.63, 3.8) is 0 Å². The Labute approximate surface area is 180 Å². The molecule has 0 bridgehead atoms. The third-order valence-electron chi connectivity index (χ3n) is 4.95. The van der Waals surface area contributed by atoms with E-state index in [1.165, 1.54) is 24.3 Å². The molecule has 3 rings (SSSR count). The fourth-order valence-corrected chi connectivity index (χ4v) is 4.82. The topological polar surface area (TPSA) is 85.2 Å². The van der Waals surface area contributed by atoms with Crippen molar-refractivity contribution < 1.29 is 17.6 Å². The molecule has 0 aliphatic rings. The Morgan fingerprint density at radius 3 is 2.23 bits per heavy atom. The summed E-state index contributed by atoms with van der Waals surface area (Å²) < 4.78 is 40.4. The molecule has 0 saturated carbocycles. The summed E-state index contributed by atoms with van der Waals surface area (Å²) in [4.78, 5) is 25.2. The Morgan fingerprint density at radius 2 is 1.61 bits per heavy atom. The minimum atomic E-state index is -4.05. The maximum Gasteiger partial charge on any atom is 0.270 e. The number of nitrogens with one attached hydrogen (secondary N) is 1. The van der Waals surface area contributed by atoms with Crippen LogP contribution in [0, 0.1) is 26.6 Å². The molecule has 1 aromatic heterocycles. The summed E-state index contributed by atoms with van der Waals surface area (Å²) in [5, 5.41) is 2.66. The van der Waals surface area contributed by atoms with Gasteiger partial charge < -0.3 is 9.88 Å². The first-order valence-electron chi connectivity index (χ1n) is 9.63. The molecule has 0 radical (unpaired) electrons. The van der Waals surface area contributed by atoms with Gasteiger partial charge in [0.15, 0.2) is 0 Å². The summed E-state index contributed by atoms with van der Waals surface area (Å²) in [6, 6.07) is 13.5. The zero-order valence-electron chi connectivity index (χ0n) is 17.5. The number of halogens is 1. The highest BCUT2D eigenvalue weighted by Crippen LogP contribution is 2.22. The Hall–Kier alpha value is -3.26. The number of rotatable bonds is 6. The highest BCUT2D eigenvalue weighted by atomic mass is 32.2. The molecule has 6 nitrogen and oxygen atoms in total. The molecule has 2 aromatic carbocycles. The van der Waals surface area contributed by atoms with Crippen LogP contribution in [0.1, 0.15) is 22.4 Å². The molecule has 162 valence electrons. The lowest BCUT2D eigenvalue weighted by Gasteiger charge is -2.15. The monoisotopic (exact) mass is 442 g/mol. The lowest BCUT2D eigenvalue weighted by atomic mass is 10.2. The number of pyridine rings is 1. The number of hydrogen-bond acceptors (Lipinski definition) is 4. The van der Waals surface area contributed by atoms with E-state index in [1.54, 1.807) is 44.2 Å². The second-order valence-corrected chi connectivity index (χ2v) is 9.30. The van der Waals surface area contributed by atoms with Crippen molar-refractivity contribution >= 4 is 15.7 Å². The van der Waals surface area contributed by atoms with Gasteiger partial charge in [0.25, 0.3) is 5.56 Å². The second-order valence-electron chi connectivity index (χ2n) is 7.41. The third kappa shape index (κ3) is 4.91. The van der Waals surface area contributed by atoms with Gasteiger partial charge in [-0.1, -0.05) is 29.8 Å². The van der Waals surface area contributed by atoms with Crippen LogP contribution in [0.2, 0.25) is 0 Å². The second kappa shape index (κ2) is 8.85. The molecular weight excluding hydrogens is 419 g/mol. The number of nitrogens with zero attached hydrogens (tertiary/aromatic N) is 1. The van der Waals surface area contributed by atoms with E-state index >= 15 is 0 Å². The number of amides is 1. The smallest absolute Gasteiger partial charge is 0.270 e. The zero-order chi connectivity index (χ0) is 22.8. The van der Waals surface area contributed by atoms with Gasteiger partial charge in [-0.15, -0.1) is 0 Å². The minimum Gasteiger partial charge on any atom is -0.350 e. The summed E-state index contributed by atoms with van der Waals surface area (Å²) in [5.74, 6) is -0.837. The fourth-order valence-electron chi connectivity index (χ4n) is 3.27. The van der Waals surface area contributed by atoms with Crippen LogP contribution < -0.4 is 10.9 Å². The Morgan fingerprint density at radius 1 is 1.00 bits per heavy atom. The van der Waals surface area contributed by atoms with E-state index in [0.29, 0.717) is 16.8 Å². The van der Waals surface area contributed by atoms with Crippen LogP contribution in [0.5, 0.6) is 0 Å². The van der Waals surface area contributed by atoms with Gasteiger partial charge in [0.1, 0.15) is 17.3 Å². The molecule has 0 atom stereocenters. The van der Waals surface area contributed by atoms with Crippen molar-refractivity contribution in [3.8, 4) is 0 Å². The molecule has 8 heteroatoms. The maximum atomic E-state index is 13.1. The van der Waals surface area contributed by atoms with E-state index in [9.17, 15) is 22.4 Å². The van der Waals surface area contributed by atoms with Crippen LogP contribution in [-0.2, 0) is 27.7 Å². The normalized spacial score (nSPS) is 11.4. The van der Waals surface area contributed by atoms with Crippen molar-refractivity contribution in [1.29, 1.82) is 0 Å². The first-order valence-corrected chi connectivity index (χ1v) is 11.1. The van der Waals surface area contributed by atoms with Crippen LogP contribution in [0.15, 0.2) is 69.2 Å². The van der Waals surface area contributed by atoms with Crippen LogP contribution in [0.25, 0.3) is 0 Å². The summed E-state index contributed by atoms with van der Waals surface area (Å²) in [6.45, 7) is 4.87. The first-order chi connectivity index (χ1) is 14.6. The molecule has 0 aliphatic carbocycles. The molecule has 0 fully saturated rings. The van der Waals surface area contributed by atoms with Crippen LogP contribution >= 0.6 is 0 Å². The minimum absolute atomic E-state index is 0.0227. The van der Waals surface area contributed by atoms with Crippen LogP contribution in [0.3, 0.4) is 0 Å². The van der Waals surface area contributed by atoms with E-state index in [2.05, 4.69) is 5.32 Å². The highest BCUT2D eigenvalue weighted by molar-refractivity contribution is 7.91. The van der Waals surface area contributed by atoms with E-state index in [0.717, 1.165) is 10.1 Å². The molecule has 0 unspecified atom stereocenters. The SMILES string of the molecule is Cc1ccc(S(=O)(=O)c2c(C)cc(C)n(CC(=O)NCc3ccc(F)cc3)c2=O)cc1. The Bertz CT molecular complexity index is 1280. The Balaban J connectivity index is 1.90. The van der Waals surface area contributed by atoms with Crippen molar-refractivity contribution in [1.82, 2.24) is 9.88 Å². The summed E-state index contributed by atoms with van der Waals surface area (Å²) >= 11 is 0. The lowest BCUT2D eigenvalue weighted by molar-refractivity contribution is -0.121. The predicted octanol–water partition coefficient (Wildman–Crippen LogP) is 3.06. The summed E-state index contributed by atoms with van der Waals surface area (Å²) in [5.41, 5.74) is 1.66. The van der Waals surface area contributed by atoms with Gasteiger partial charge in [0.2, 0.25) is 15.7 Å². The third-order valence-corrected chi connectivity index (χ3v) is 6.88. The molecule has 1 amide bonds. The predicted molar refractivity (Wildman–Crippen MR) is 115 cm³/mol. The molecule has 3 aromatic rings. The average Bonchev–Trinajstić information content (AvgIpc) is 2.70. The molecule has 0 saturated heterocycles. The van der Waals surface area contributed by atoms with E-state index in [1.807, 2.05) is 6.92 Å². The van der Waals surface area contributed by atoms with Gasteiger partial charge in [-0.3, -0.25) is 9.59 Å².